The van der Waals surface area contributed by atoms with Gasteiger partial charge in [0.15, 0.2) is 6.10 Å². The van der Waals surface area contributed by atoms with Crippen molar-refractivity contribution in [2.24, 2.45) is 0 Å². The van der Waals surface area contributed by atoms with Crippen LogP contribution in [0.5, 0.6) is 0 Å². The van der Waals surface area contributed by atoms with Gasteiger partial charge in [-0.05, 0) is 51.4 Å². The molecule has 0 aromatic carbocycles. The van der Waals surface area contributed by atoms with Crippen LogP contribution in [0, 0.1) is 0 Å². The monoisotopic (exact) mass is 781 g/mol. The summed E-state index contributed by atoms with van der Waals surface area (Å²) in [6.07, 6.45) is 49.9. The number of hydrogen-bond donors (Lipinski definition) is 2. The number of ether oxygens (including phenoxy) is 2. The average Bonchev–Trinajstić information content (AvgIpc) is 3.14. The number of unbranched alkanes of at least 4 members (excludes halogenated alkanes) is 22. The van der Waals surface area contributed by atoms with Crippen molar-refractivity contribution >= 4 is 19.8 Å². The topological polar surface area (TPSA) is 119 Å². The highest BCUT2D eigenvalue weighted by Crippen LogP contribution is 2.36. The van der Waals surface area contributed by atoms with Crippen molar-refractivity contribution in [3.05, 3.63) is 48.6 Å². The van der Waals surface area contributed by atoms with E-state index < -0.39 is 32.5 Å². The molecule has 0 aromatic heterocycles. The minimum atomic E-state index is -4.76. The Hall–Kier alpha value is -1.99. The van der Waals surface area contributed by atoms with E-state index in [-0.39, 0.29) is 19.4 Å². The van der Waals surface area contributed by atoms with Crippen LogP contribution in [0.25, 0.3) is 0 Å². The number of esters is 2. The molecule has 8 nitrogen and oxygen atoms in total. The van der Waals surface area contributed by atoms with E-state index in [2.05, 4.69) is 67.0 Å². The summed E-state index contributed by atoms with van der Waals surface area (Å²) in [4.78, 5) is 42.9. The third-order valence-corrected chi connectivity index (χ3v) is 9.85. The molecule has 0 rings (SSSR count). The van der Waals surface area contributed by atoms with Crippen LogP contribution >= 0.6 is 7.82 Å². The highest BCUT2D eigenvalue weighted by molar-refractivity contribution is 7.46. The fourth-order valence-electron chi connectivity index (χ4n) is 6.13. The van der Waals surface area contributed by atoms with Gasteiger partial charge < -0.3 is 19.3 Å². The normalized spacial score (nSPS) is 12.9. The van der Waals surface area contributed by atoms with Gasteiger partial charge in [-0.15, -0.1) is 0 Å². The molecule has 0 aliphatic heterocycles. The van der Waals surface area contributed by atoms with E-state index in [4.69, 9.17) is 19.3 Å². The lowest BCUT2D eigenvalue weighted by molar-refractivity contribution is -0.161. The zero-order chi connectivity index (χ0) is 39.6. The van der Waals surface area contributed by atoms with Gasteiger partial charge in [0.2, 0.25) is 0 Å². The molecule has 2 N–H and O–H groups in total. The smallest absolute Gasteiger partial charge is 0.462 e. The molecule has 0 saturated heterocycles. The summed E-state index contributed by atoms with van der Waals surface area (Å²) in [6.45, 7) is 3.55. The van der Waals surface area contributed by atoms with E-state index in [1.807, 2.05) is 0 Å². The SMILES string of the molecule is CC/C=C/C/C=C/C/C=C/C/C=C/CCCCC(=O)OC[C@H](COP(=O)(O)O)OC(=O)CCCCCCCCCCCCCCCCCCCCCCC. The molecule has 0 saturated carbocycles. The van der Waals surface area contributed by atoms with Crippen molar-refractivity contribution in [2.45, 2.75) is 213 Å². The van der Waals surface area contributed by atoms with Crippen LogP contribution in [0.15, 0.2) is 48.6 Å². The zero-order valence-corrected chi connectivity index (χ0v) is 35.5. The van der Waals surface area contributed by atoms with Crippen LogP contribution < -0.4 is 0 Å². The fraction of sp³-hybridized carbons (Fsp3) is 0.778. The summed E-state index contributed by atoms with van der Waals surface area (Å²) in [5.41, 5.74) is 0. The molecular weight excluding hydrogens is 699 g/mol. The molecular formula is C45H81O8P. The predicted molar refractivity (Wildman–Crippen MR) is 225 cm³/mol. The lowest BCUT2D eigenvalue weighted by Crippen LogP contribution is -2.29. The first-order valence-corrected chi connectivity index (χ1v) is 23.5. The second-order valence-corrected chi connectivity index (χ2v) is 15.9. The molecule has 0 bridgehead atoms. The van der Waals surface area contributed by atoms with Gasteiger partial charge in [0.1, 0.15) is 6.61 Å². The first-order valence-electron chi connectivity index (χ1n) is 21.9. The summed E-state index contributed by atoms with van der Waals surface area (Å²) in [7, 11) is -4.76. The number of phosphoric acid groups is 1. The highest BCUT2D eigenvalue weighted by atomic mass is 31.2. The molecule has 9 heteroatoms. The third kappa shape index (κ3) is 42.7. The maximum absolute atomic E-state index is 12.4. The van der Waals surface area contributed by atoms with Gasteiger partial charge in [0.05, 0.1) is 6.61 Å². The number of allylic oxidation sites excluding steroid dienone is 8. The molecule has 314 valence electrons. The number of rotatable bonds is 40. The number of carbonyl (C=O) groups excluding carboxylic acids is 2. The van der Waals surface area contributed by atoms with Crippen molar-refractivity contribution in [1.29, 1.82) is 0 Å². The summed E-state index contributed by atoms with van der Waals surface area (Å²) in [5, 5.41) is 0. The first-order chi connectivity index (χ1) is 26.3. The Labute approximate surface area is 331 Å². The van der Waals surface area contributed by atoms with E-state index in [9.17, 15) is 14.2 Å². The summed E-state index contributed by atoms with van der Waals surface area (Å²) >= 11 is 0. The van der Waals surface area contributed by atoms with Gasteiger partial charge in [-0.25, -0.2) is 4.57 Å². The number of hydrogen-bond acceptors (Lipinski definition) is 6. The molecule has 0 unspecified atom stereocenters. The van der Waals surface area contributed by atoms with Gasteiger partial charge in [-0.2, -0.15) is 0 Å². The fourth-order valence-corrected chi connectivity index (χ4v) is 6.49. The molecule has 0 heterocycles. The maximum atomic E-state index is 12.4. The molecule has 0 fully saturated rings. The van der Waals surface area contributed by atoms with Crippen molar-refractivity contribution in [1.82, 2.24) is 0 Å². The highest BCUT2D eigenvalue weighted by Gasteiger charge is 2.22. The van der Waals surface area contributed by atoms with E-state index in [0.717, 1.165) is 57.8 Å². The third-order valence-electron chi connectivity index (χ3n) is 9.36. The minimum Gasteiger partial charge on any atom is -0.462 e. The lowest BCUT2D eigenvalue weighted by Gasteiger charge is -2.18. The van der Waals surface area contributed by atoms with Crippen LogP contribution in [0.4, 0.5) is 0 Å². The molecule has 0 radical (unpaired) electrons. The van der Waals surface area contributed by atoms with Crippen LogP contribution in [-0.4, -0.2) is 41.0 Å². The summed E-state index contributed by atoms with van der Waals surface area (Å²) < 4.78 is 26.4. The first kappa shape index (κ1) is 52.0. The minimum absolute atomic E-state index is 0.205. The van der Waals surface area contributed by atoms with E-state index in [0.29, 0.717) is 12.8 Å². The predicted octanol–water partition coefficient (Wildman–Crippen LogP) is 13.5. The quantitative estimate of drug-likeness (QED) is 0.0273. The van der Waals surface area contributed by atoms with Gasteiger partial charge in [-0.1, -0.05) is 191 Å². The van der Waals surface area contributed by atoms with Gasteiger partial charge in [-0.3, -0.25) is 14.1 Å². The lowest BCUT2D eigenvalue weighted by atomic mass is 10.0. The largest absolute Gasteiger partial charge is 0.469 e. The van der Waals surface area contributed by atoms with Gasteiger partial charge >= 0.3 is 19.8 Å². The van der Waals surface area contributed by atoms with Crippen molar-refractivity contribution < 1.29 is 37.9 Å². The standard InChI is InChI=1S/C45H81O8P/c1-3-5-7-9-11-13-15-17-19-20-21-22-23-24-26-28-30-32-34-36-38-40-45(47)53-43(42-52-54(48,49)50)41-51-44(46)39-37-35-33-31-29-27-25-18-16-14-12-10-8-6-4-2/h6,8,12,14,18,25,29,31,43H,3-5,7,9-11,13,15-17,19-24,26-28,30,32-42H2,1-2H3,(H2,48,49,50)/b8-6+,14-12+,25-18+,31-29+/t43-/m1/s1. The van der Waals surface area contributed by atoms with Crippen LogP contribution in [0.1, 0.15) is 206 Å². The Morgan fingerprint density at radius 3 is 1.33 bits per heavy atom. The second kappa shape index (κ2) is 40.7. The van der Waals surface area contributed by atoms with Gasteiger partial charge in [0, 0.05) is 12.8 Å². The molecule has 54 heavy (non-hydrogen) atoms. The molecule has 1 atom stereocenters. The van der Waals surface area contributed by atoms with E-state index in [1.165, 1.54) is 109 Å². The van der Waals surface area contributed by atoms with Gasteiger partial charge in [0.25, 0.3) is 0 Å². The summed E-state index contributed by atoms with van der Waals surface area (Å²) in [5.74, 6) is -0.928. The van der Waals surface area contributed by atoms with Crippen molar-refractivity contribution in [3.63, 3.8) is 0 Å². The van der Waals surface area contributed by atoms with Crippen LogP contribution in [0.3, 0.4) is 0 Å². The Bertz CT molecular complexity index is 1020. The number of phosphoric ester groups is 1. The van der Waals surface area contributed by atoms with Crippen LogP contribution in [-0.2, 0) is 28.2 Å². The zero-order valence-electron chi connectivity index (χ0n) is 34.6. The molecule has 0 aliphatic carbocycles. The molecule has 0 spiro atoms. The Kier molecular flexibility index (Phi) is 39.2. The Balaban J connectivity index is 3.90. The van der Waals surface area contributed by atoms with E-state index >= 15 is 0 Å². The summed E-state index contributed by atoms with van der Waals surface area (Å²) in [6, 6.07) is 0. The Morgan fingerprint density at radius 1 is 0.500 bits per heavy atom. The van der Waals surface area contributed by atoms with Crippen molar-refractivity contribution in [2.75, 3.05) is 13.2 Å². The molecule has 0 aromatic rings. The average molecular weight is 781 g/mol. The molecule has 0 amide bonds. The van der Waals surface area contributed by atoms with Crippen molar-refractivity contribution in [3.8, 4) is 0 Å². The Morgan fingerprint density at radius 2 is 0.889 bits per heavy atom. The van der Waals surface area contributed by atoms with E-state index in [1.54, 1.807) is 0 Å². The maximum Gasteiger partial charge on any atom is 0.469 e. The van der Waals surface area contributed by atoms with Crippen LogP contribution in [0.2, 0.25) is 0 Å². The second-order valence-electron chi connectivity index (χ2n) is 14.6. The number of carbonyl (C=O) groups is 2. The molecule has 0 aliphatic rings.